The first-order valence-corrected chi connectivity index (χ1v) is 5.37. The van der Waals surface area contributed by atoms with Gasteiger partial charge < -0.3 is 4.74 Å². The highest BCUT2D eigenvalue weighted by atomic mass is 19.1. The fraction of sp³-hybridized carbons (Fsp3) is 0.231. The Hall–Kier alpha value is -1.97. The highest BCUT2D eigenvalue weighted by Gasteiger charge is 2.09. The summed E-state index contributed by atoms with van der Waals surface area (Å²) in [7, 11) is 0. The van der Waals surface area contributed by atoms with E-state index in [1.165, 1.54) is 12.3 Å². The molecule has 0 aliphatic carbocycles. The minimum absolute atomic E-state index is 0.276. The van der Waals surface area contributed by atoms with Crippen LogP contribution in [0.2, 0.25) is 0 Å². The van der Waals surface area contributed by atoms with Crippen LogP contribution in [0.5, 0.6) is 5.75 Å². The standard InChI is InChI=1S/C13H12FNO2/c1-3-13(16)17-12-4-5-15-11-6-8(2)10(14)7-9(11)12/h4-7H,3H2,1-2H3. The molecule has 2 rings (SSSR count). The quantitative estimate of drug-likeness (QED) is 0.748. The molecule has 1 heterocycles. The van der Waals surface area contributed by atoms with Crippen LogP contribution in [-0.4, -0.2) is 11.0 Å². The highest BCUT2D eigenvalue weighted by Crippen LogP contribution is 2.26. The van der Waals surface area contributed by atoms with Crippen molar-refractivity contribution >= 4 is 16.9 Å². The van der Waals surface area contributed by atoms with Crippen LogP contribution in [0.15, 0.2) is 24.4 Å². The molecule has 17 heavy (non-hydrogen) atoms. The van der Waals surface area contributed by atoms with E-state index < -0.39 is 0 Å². The monoisotopic (exact) mass is 233 g/mol. The van der Waals surface area contributed by atoms with Crippen molar-refractivity contribution in [3.05, 3.63) is 35.8 Å². The molecule has 88 valence electrons. The molecular weight excluding hydrogens is 221 g/mol. The Bertz CT molecular complexity index is 581. The number of hydrogen-bond donors (Lipinski definition) is 0. The molecular formula is C13H12FNO2. The fourth-order valence-electron chi connectivity index (χ4n) is 1.53. The van der Waals surface area contributed by atoms with E-state index >= 15 is 0 Å². The van der Waals surface area contributed by atoms with E-state index in [0.717, 1.165) is 0 Å². The number of rotatable bonds is 2. The molecule has 0 fully saturated rings. The lowest BCUT2D eigenvalue weighted by atomic mass is 10.1. The topological polar surface area (TPSA) is 39.2 Å². The van der Waals surface area contributed by atoms with Gasteiger partial charge in [-0.05, 0) is 30.7 Å². The Balaban J connectivity index is 2.56. The van der Waals surface area contributed by atoms with Gasteiger partial charge in [0, 0.05) is 18.0 Å². The number of aromatic nitrogens is 1. The number of halogens is 1. The molecule has 0 amide bonds. The number of carbonyl (C=O) groups is 1. The summed E-state index contributed by atoms with van der Waals surface area (Å²) in [6, 6.07) is 4.54. The minimum Gasteiger partial charge on any atom is -0.426 e. The lowest BCUT2D eigenvalue weighted by Crippen LogP contribution is -2.06. The molecule has 0 bridgehead atoms. The van der Waals surface area contributed by atoms with Gasteiger partial charge in [0.05, 0.1) is 5.52 Å². The number of fused-ring (bicyclic) bond motifs is 1. The molecule has 0 saturated heterocycles. The third-order valence-corrected chi connectivity index (χ3v) is 2.49. The minimum atomic E-state index is -0.349. The van der Waals surface area contributed by atoms with Gasteiger partial charge in [0.2, 0.25) is 0 Å². The Morgan fingerprint density at radius 1 is 1.47 bits per heavy atom. The zero-order chi connectivity index (χ0) is 12.4. The lowest BCUT2D eigenvalue weighted by Gasteiger charge is -2.07. The van der Waals surface area contributed by atoms with Gasteiger partial charge in [0.15, 0.2) is 0 Å². The maximum Gasteiger partial charge on any atom is 0.310 e. The van der Waals surface area contributed by atoms with Crippen molar-refractivity contribution in [1.82, 2.24) is 4.98 Å². The van der Waals surface area contributed by atoms with Crippen LogP contribution in [-0.2, 0) is 4.79 Å². The number of ether oxygens (including phenoxy) is 1. The van der Waals surface area contributed by atoms with Crippen molar-refractivity contribution in [1.29, 1.82) is 0 Å². The van der Waals surface area contributed by atoms with Gasteiger partial charge in [0.1, 0.15) is 11.6 Å². The first kappa shape index (κ1) is 11.5. The van der Waals surface area contributed by atoms with Crippen molar-refractivity contribution in [2.45, 2.75) is 20.3 Å². The molecule has 0 atom stereocenters. The van der Waals surface area contributed by atoms with Crippen LogP contribution in [0.1, 0.15) is 18.9 Å². The summed E-state index contributed by atoms with van der Waals surface area (Å²) in [6.45, 7) is 3.37. The number of hydrogen-bond acceptors (Lipinski definition) is 3. The maximum absolute atomic E-state index is 13.5. The van der Waals surface area contributed by atoms with Gasteiger partial charge in [-0.1, -0.05) is 6.92 Å². The zero-order valence-electron chi connectivity index (χ0n) is 9.66. The van der Waals surface area contributed by atoms with Crippen LogP contribution >= 0.6 is 0 Å². The van der Waals surface area contributed by atoms with Gasteiger partial charge >= 0.3 is 5.97 Å². The predicted molar refractivity (Wildman–Crippen MR) is 62.4 cm³/mol. The molecule has 3 nitrogen and oxygen atoms in total. The first-order chi connectivity index (χ1) is 8.11. The summed E-state index contributed by atoms with van der Waals surface area (Å²) < 4.78 is 18.6. The molecule has 0 spiro atoms. The third kappa shape index (κ3) is 2.25. The molecule has 0 saturated carbocycles. The highest BCUT2D eigenvalue weighted by molar-refractivity contribution is 5.88. The van der Waals surface area contributed by atoms with Gasteiger partial charge in [-0.25, -0.2) is 4.39 Å². The average Bonchev–Trinajstić information content (AvgIpc) is 2.31. The SMILES string of the molecule is CCC(=O)Oc1ccnc2cc(C)c(F)cc12. The van der Waals surface area contributed by atoms with Gasteiger partial charge in [0.25, 0.3) is 0 Å². The number of esters is 1. The summed E-state index contributed by atoms with van der Waals surface area (Å²) in [5.41, 5.74) is 1.13. The van der Waals surface area contributed by atoms with E-state index in [9.17, 15) is 9.18 Å². The van der Waals surface area contributed by atoms with Crippen LogP contribution in [0.3, 0.4) is 0 Å². The van der Waals surface area contributed by atoms with Gasteiger partial charge in [-0.3, -0.25) is 9.78 Å². The smallest absolute Gasteiger partial charge is 0.310 e. The lowest BCUT2D eigenvalue weighted by molar-refractivity contribution is -0.133. The van der Waals surface area contributed by atoms with E-state index in [2.05, 4.69) is 4.98 Å². The summed E-state index contributed by atoms with van der Waals surface area (Å²) >= 11 is 0. The Kier molecular flexibility index (Phi) is 3.04. The van der Waals surface area contributed by atoms with E-state index in [-0.39, 0.29) is 18.2 Å². The maximum atomic E-state index is 13.5. The normalized spacial score (nSPS) is 10.5. The molecule has 1 aromatic heterocycles. The molecule has 4 heteroatoms. The first-order valence-electron chi connectivity index (χ1n) is 5.37. The van der Waals surface area contributed by atoms with Crippen molar-refractivity contribution in [3.63, 3.8) is 0 Å². The zero-order valence-corrected chi connectivity index (χ0v) is 9.66. The predicted octanol–water partition coefficient (Wildman–Crippen LogP) is 3.00. The van der Waals surface area contributed by atoms with Crippen molar-refractivity contribution < 1.29 is 13.9 Å². The third-order valence-electron chi connectivity index (χ3n) is 2.49. The van der Waals surface area contributed by atoms with E-state index in [4.69, 9.17) is 4.74 Å². The molecule has 0 aliphatic heterocycles. The molecule has 0 radical (unpaired) electrons. The Morgan fingerprint density at radius 3 is 2.94 bits per heavy atom. The fourth-order valence-corrected chi connectivity index (χ4v) is 1.53. The second-order valence-electron chi connectivity index (χ2n) is 3.76. The molecule has 1 aromatic carbocycles. The van der Waals surface area contributed by atoms with E-state index in [1.54, 1.807) is 26.0 Å². The summed E-state index contributed by atoms with van der Waals surface area (Å²) in [4.78, 5) is 15.4. The number of nitrogens with zero attached hydrogens (tertiary/aromatic N) is 1. The van der Waals surface area contributed by atoms with Crippen LogP contribution < -0.4 is 4.74 Å². The summed E-state index contributed by atoms with van der Waals surface area (Å²) in [5, 5.41) is 0.511. The number of aryl methyl sites for hydroxylation is 1. The van der Waals surface area contributed by atoms with Crippen molar-refractivity contribution in [2.24, 2.45) is 0 Å². The molecule has 2 aromatic rings. The van der Waals surface area contributed by atoms with Gasteiger partial charge in [-0.15, -0.1) is 0 Å². The van der Waals surface area contributed by atoms with Crippen LogP contribution in [0.25, 0.3) is 10.9 Å². The molecule has 0 N–H and O–H groups in total. The molecule has 0 unspecified atom stereocenters. The van der Waals surface area contributed by atoms with Crippen molar-refractivity contribution in [3.8, 4) is 5.75 Å². The largest absolute Gasteiger partial charge is 0.426 e. The Morgan fingerprint density at radius 2 is 2.24 bits per heavy atom. The summed E-state index contributed by atoms with van der Waals surface area (Å²) in [6.07, 6.45) is 1.82. The molecule has 0 aliphatic rings. The number of pyridine rings is 1. The second kappa shape index (κ2) is 4.49. The van der Waals surface area contributed by atoms with Gasteiger partial charge in [-0.2, -0.15) is 0 Å². The van der Waals surface area contributed by atoms with Crippen molar-refractivity contribution in [2.75, 3.05) is 0 Å². The second-order valence-corrected chi connectivity index (χ2v) is 3.76. The van der Waals surface area contributed by atoms with Crippen LogP contribution in [0, 0.1) is 12.7 Å². The van der Waals surface area contributed by atoms with E-state index in [1.807, 2.05) is 0 Å². The van der Waals surface area contributed by atoms with E-state index in [0.29, 0.717) is 22.2 Å². The number of carbonyl (C=O) groups excluding carboxylic acids is 1. The Labute approximate surface area is 98.2 Å². The average molecular weight is 233 g/mol. The number of benzene rings is 1. The summed E-state index contributed by atoms with van der Waals surface area (Å²) in [5.74, 6) is -0.335. The van der Waals surface area contributed by atoms with Crippen LogP contribution in [0.4, 0.5) is 4.39 Å².